The monoisotopic (exact) mass is 285 g/mol. The summed E-state index contributed by atoms with van der Waals surface area (Å²) in [7, 11) is 1.32. The minimum absolute atomic E-state index is 0.0248. The van der Waals surface area contributed by atoms with Gasteiger partial charge in [0.1, 0.15) is 5.60 Å². The molecule has 20 heavy (non-hydrogen) atoms. The summed E-state index contributed by atoms with van der Waals surface area (Å²) in [4.78, 5) is 25.3. The number of ether oxygens (including phenoxy) is 1. The van der Waals surface area contributed by atoms with Gasteiger partial charge in [0.25, 0.3) is 0 Å². The third-order valence-corrected chi connectivity index (χ3v) is 3.83. The second-order valence-corrected chi connectivity index (χ2v) is 5.28. The van der Waals surface area contributed by atoms with Crippen LogP contribution < -0.4 is 0 Å². The molecule has 1 aliphatic heterocycles. The van der Waals surface area contributed by atoms with E-state index in [9.17, 15) is 24.9 Å². The van der Waals surface area contributed by atoms with Gasteiger partial charge in [-0.2, -0.15) is 0 Å². The Labute approximate surface area is 116 Å². The molecule has 1 heterocycles. The molecule has 1 amide bonds. The lowest BCUT2D eigenvalue weighted by atomic mass is 9.85. The molecule has 0 radical (unpaired) electrons. The second kappa shape index (κ2) is 5.51. The highest BCUT2D eigenvalue weighted by molar-refractivity contribution is 5.97. The van der Waals surface area contributed by atoms with Gasteiger partial charge in [-0.05, 0) is 6.42 Å². The molecular weight excluding hydrogens is 266 g/mol. The summed E-state index contributed by atoms with van der Waals surface area (Å²) in [6.45, 7) is -0.803. The first-order chi connectivity index (χ1) is 9.45. The number of allylic oxidation sites excluding steroid dienone is 1. The number of rotatable bonds is 4. The number of ketones is 1. The summed E-state index contributed by atoms with van der Waals surface area (Å²) >= 11 is 0. The summed E-state index contributed by atoms with van der Waals surface area (Å²) in [5.74, 6) is -0.651. The number of Topliss-reactive ketones (excluding diaryl/α,β-unsaturated/α-hetero) is 1. The number of methoxy groups -OCH3 is 1. The molecule has 2 unspecified atom stereocenters. The van der Waals surface area contributed by atoms with E-state index in [-0.39, 0.29) is 43.2 Å². The van der Waals surface area contributed by atoms with Gasteiger partial charge in [0, 0.05) is 19.3 Å². The van der Waals surface area contributed by atoms with Crippen molar-refractivity contribution in [2.75, 3.05) is 20.3 Å². The van der Waals surface area contributed by atoms with Gasteiger partial charge in [0.15, 0.2) is 5.76 Å². The van der Waals surface area contributed by atoms with Gasteiger partial charge in [0.05, 0.1) is 32.1 Å². The molecule has 112 valence electrons. The Morgan fingerprint density at radius 1 is 1.35 bits per heavy atom. The van der Waals surface area contributed by atoms with E-state index in [2.05, 4.69) is 0 Å². The van der Waals surface area contributed by atoms with Gasteiger partial charge in [-0.1, -0.05) is 0 Å². The van der Waals surface area contributed by atoms with Crippen molar-refractivity contribution in [3.8, 4) is 0 Å². The van der Waals surface area contributed by atoms with Crippen LogP contribution in [0.1, 0.15) is 25.7 Å². The van der Waals surface area contributed by atoms with Crippen LogP contribution in [0.4, 0.5) is 0 Å². The maximum Gasteiger partial charge on any atom is 0.227 e. The maximum atomic E-state index is 12.0. The lowest BCUT2D eigenvalue weighted by Crippen LogP contribution is -2.46. The van der Waals surface area contributed by atoms with Crippen LogP contribution in [-0.4, -0.2) is 63.9 Å². The van der Waals surface area contributed by atoms with Gasteiger partial charge in [-0.15, -0.1) is 0 Å². The van der Waals surface area contributed by atoms with Gasteiger partial charge >= 0.3 is 0 Å². The number of carbonyl (C=O) groups excluding carboxylic acids is 2. The first kappa shape index (κ1) is 15.0. The highest BCUT2D eigenvalue weighted by atomic mass is 16.5. The molecule has 1 fully saturated rings. The normalized spacial score (nSPS) is 31.2. The summed E-state index contributed by atoms with van der Waals surface area (Å²) in [6.07, 6.45) is 0.460. The number of likely N-dealkylation sites (tertiary alicyclic amines) is 1. The SMILES string of the molecule is COC1=C(N2C(=O)CCC2CO)CC(O)(CO)CC1=O. The van der Waals surface area contributed by atoms with Crippen molar-refractivity contribution in [1.82, 2.24) is 4.90 Å². The van der Waals surface area contributed by atoms with Crippen molar-refractivity contribution in [1.29, 1.82) is 0 Å². The molecule has 7 nitrogen and oxygen atoms in total. The molecule has 2 atom stereocenters. The number of aliphatic hydroxyl groups excluding tert-OH is 2. The van der Waals surface area contributed by atoms with Gasteiger partial charge in [-0.25, -0.2) is 0 Å². The highest BCUT2D eigenvalue weighted by Crippen LogP contribution is 2.36. The predicted molar refractivity (Wildman–Crippen MR) is 67.3 cm³/mol. The zero-order chi connectivity index (χ0) is 14.9. The highest BCUT2D eigenvalue weighted by Gasteiger charge is 2.44. The lowest BCUT2D eigenvalue weighted by Gasteiger charge is -2.36. The van der Waals surface area contributed by atoms with Crippen LogP contribution in [0.15, 0.2) is 11.5 Å². The Morgan fingerprint density at radius 3 is 2.60 bits per heavy atom. The first-order valence-electron chi connectivity index (χ1n) is 6.52. The molecule has 1 aliphatic carbocycles. The first-order valence-corrected chi connectivity index (χ1v) is 6.52. The molecule has 0 saturated carbocycles. The molecule has 0 aromatic rings. The smallest absolute Gasteiger partial charge is 0.227 e. The Bertz CT molecular complexity index is 460. The van der Waals surface area contributed by atoms with Crippen molar-refractivity contribution in [2.24, 2.45) is 0 Å². The topological polar surface area (TPSA) is 107 Å². The van der Waals surface area contributed by atoms with Crippen LogP contribution in [0.25, 0.3) is 0 Å². The van der Waals surface area contributed by atoms with E-state index in [1.54, 1.807) is 0 Å². The lowest BCUT2D eigenvalue weighted by molar-refractivity contribution is -0.132. The van der Waals surface area contributed by atoms with Crippen molar-refractivity contribution in [3.63, 3.8) is 0 Å². The molecule has 7 heteroatoms. The fraction of sp³-hybridized carbons (Fsp3) is 0.692. The molecule has 3 N–H and O–H groups in total. The zero-order valence-corrected chi connectivity index (χ0v) is 11.3. The number of amides is 1. The minimum atomic E-state index is -1.59. The third kappa shape index (κ3) is 2.44. The van der Waals surface area contributed by atoms with Crippen molar-refractivity contribution in [2.45, 2.75) is 37.3 Å². The molecule has 0 aromatic carbocycles. The summed E-state index contributed by atoms with van der Waals surface area (Å²) in [6, 6.07) is -0.420. The second-order valence-electron chi connectivity index (χ2n) is 5.28. The average Bonchev–Trinajstić information content (AvgIpc) is 2.79. The van der Waals surface area contributed by atoms with E-state index in [1.165, 1.54) is 12.0 Å². The fourth-order valence-electron chi connectivity index (χ4n) is 2.82. The number of nitrogens with zero attached hydrogens (tertiary/aromatic N) is 1. The minimum Gasteiger partial charge on any atom is -0.491 e. The molecule has 0 spiro atoms. The standard InChI is InChI=1S/C13H19NO6/c1-20-12-9(4-13(19,7-16)5-10(12)17)14-8(6-15)2-3-11(14)18/h8,15-16,19H,2-7H2,1H3. The van der Waals surface area contributed by atoms with E-state index < -0.39 is 24.0 Å². The Kier molecular flexibility index (Phi) is 4.12. The Balaban J connectivity index is 2.43. The molecular formula is C13H19NO6. The van der Waals surface area contributed by atoms with E-state index >= 15 is 0 Å². The van der Waals surface area contributed by atoms with Gasteiger partial charge in [0.2, 0.25) is 11.7 Å². The largest absolute Gasteiger partial charge is 0.491 e. The van der Waals surface area contributed by atoms with Crippen LogP contribution in [-0.2, 0) is 14.3 Å². The number of hydrogen-bond donors (Lipinski definition) is 3. The van der Waals surface area contributed by atoms with E-state index in [1.807, 2.05) is 0 Å². The quantitative estimate of drug-likeness (QED) is 0.606. The van der Waals surface area contributed by atoms with Crippen LogP contribution in [0, 0.1) is 0 Å². The Hall–Kier alpha value is -1.44. The molecule has 2 aliphatic rings. The van der Waals surface area contributed by atoms with Crippen LogP contribution in [0.3, 0.4) is 0 Å². The van der Waals surface area contributed by atoms with Crippen LogP contribution >= 0.6 is 0 Å². The summed E-state index contributed by atoms with van der Waals surface area (Å²) in [5, 5.41) is 28.8. The predicted octanol–water partition coefficient (Wildman–Crippen LogP) is -1.09. The van der Waals surface area contributed by atoms with E-state index in [0.717, 1.165) is 0 Å². The van der Waals surface area contributed by atoms with E-state index in [0.29, 0.717) is 6.42 Å². The molecule has 1 saturated heterocycles. The fourth-order valence-corrected chi connectivity index (χ4v) is 2.82. The summed E-state index contributed by atoms with van der Waals surface area (Å²) < 4.78 is 5.07. The van der Waals surface area contributed by atoms with Crippen LogP contribution in [0.2, 0.25) is 0 Å². The molecule has 0 bridgehead atoms. The Morgan fingerprint density at radius 2 is 2.05 bits per heavy atom. The summed E-state index contributed by atoms with van der Waals surface area (Å²) in [5.41, 5.74) is -1.33. The number of hydrogen-bond acceptors (Lipinski definition) is 6. The van der Waals surface area contributed by atoms with Gasteiger partial charge < -0.3 is 25.0 Å². The van der Waals surface area contributed by atoms with Gasteiger partial charge in [-0.3, -0.25) is 9.59 Å². The number of carbonyl (C=O) groups is 2. The van der Waals surface area contributed by atoms with Crippen molar-refractivity contribution >= 4 is 11.7 Å². The van der Waals surface area contributed by atoms with Crippen molar-refractivity contribution in [3.05, 3.63) is 11.5 Å². The molecule has 2 rings (SSSR count). The molecule has 0 aromatic heterocycles. The van der Waals surface area contributed by atoms with Crippen LogP contribution in [0.5, 0.6) is 0 Å². The average molecular weight is 285 g/mol. The maximum absolute atomic E-state index is 12.0. The zero-order valence-electron chi connectivity index (χ0n) is 11.3. The van der Waals surface area contributed by atoms with E-state index in [4.69, 9.17) is 4.74 Å². The third-order valence-electron chi connectivity index (χ3n) is 3.83. The number of aliphatic hydroxyl groups is 3. The van der Waals surface area contributed by atoms with Crippen molar-refractivity contribution < 1.29 is 29.6 Å².